The van der Waals surface area contributed by atoms with E-state index < -0.39 is 23.9 Å². The van der Waals surface area contributed by atoms with E-state index in [-0.39, 0.29) is 47.5 Å². The molecule has 4 aromatic rings. The van der Waals surface area contributed by atoms with Crippen molar-refractivity contribution in [3.05, 3.63) is 94.5 Å². The molecule has 39 heavy (non-hydrogen) atoms. The molecule has 3 amide bonds. The SMILES string of the molecule is Cc1c(C(=O)Nc2ccc(Oc3ccnc(NC(=O)N4CC(O)C4)c3)c(F)c2)n(C)c(=O)n1-c1ccccc1. The first kappa shape index (κ1) is 25.7. The standard InChI is InChI=1S/C27H25FN6O5/c1-16-24(32(2)27(38)34(16)18-6-4-3-5-7-18)25(36)30-17-8-9-22(21(28)12-17)39-20-10-11-29-23(13-20)31-26(37)33-14-19(35)15-33/h3-13,19,35H,14-15H2,1-2H3,(H,30,36)(H,29,31,37). The summed E-state index contributed by atoms with van der Waals surface area (Å²) in [5.74, 6) is -0.989. The summed E-state index contributed by atoms with van der Waals surface area (Å²) >= 11 is 0. The van der Waals surface area contributed by atoms with E-state index in [1.54, 1.807) is 31.2 Å². The van der Waals surface area contributed by atoms with Crippen LogP contribution in [0, 0.1) is 12.7 Å². The van der Waals surface area contributed by atoms with E-state index in [0.29, 0.717) is 11.4 Å². The zero-order chi connectivity index (χ0) is 27.7. The van der Waals surface area contributed by atoms with Crippen LogP contribution in [0.15, 0.2) is 71.7 Å². The number of nitrogens with one attached hydrogen (secondary N) is 2. The number of hydrogen-bond acceptors (Lipinski definition) is 6. The van der Waals surface area contributed by atoms with Gasteiger partial charge in [0.05, 0.1) is 30.6 Å². The van der Waals surface area contributed by atoms with Crippen molar-refractivity contribution >= 4 is 23.4 Å². The number of carbonyl (C=O) groups excluding carboxylic acids is 2. The van der Waals surface area contributed by atoms with Gasteiger partial charge in [0, 0.05) is 31.1 Å². The number of aromatic nitrogens is 3. The predicted molar refractivity (Wildman–Crippen MR) is 141 cm³/mol. The molecule has 1 aliphatic heterocycles. The Labute approximate surface area is 222 Å². The van der Waals surface area contributed by atoms with E-state index >= 15 is 0 Å². The molecule has 2 aromatic heterocycles. The lowest BCUT2D eigenvalue weighted by Gasteiger charge is -2.35. The van der Waals surface area contributed by atoms with Crippen LogP contribution in [0.2, 0.25) is 0 Å². The summed E-state index contributed by atoms with van der Waals surface area (Å²) in [7, 11) is 1.50. The van der Waals surface area contributed by atoms with Crippen LogP contribution in [0.4, 0.5) is 20.7 Å². The Bertz CT molecular complexity index is 1610. The number of urea groups is 1. The molecule has 200 valence electrons. The molecule has 5 rings (SSSR count). The molecule has 3 N–H and O–H groups in total. The van der Waals surface area contributed by atoms with Crippen molar-refractivity contribution in [2.24, 2.45) is 7.05 Å². The van der Waals surface area contributed by atoms with E-state index in [4.69, 9.17) is 4.74 Å². The third kappa shape index (κ3) is 5.22. The van der Waals surface area contributed by atoms with E-state index in [0.717, 1.165) is 6.07 Å². The van der Waals surface area contributed by atoms with Crippen molar-refractivity contribution in [2.45, 2.75) is 13.0 Å². The number of aliphatic hydroxyl groups excluding tert-OH is 1. The molecule has 1 aliphatic rings. The van der Waals surface area contributed by atoms with Crippen molar-refractivity contribution in [2.75, 3.05) is 23.7 Å². The van der Waals surface area contributed by atoms with E-state index in [1.807, 2.05) is 6.07 Å². The highest BCUT2D eigenvalue weighted by Gasteiger charge is 2.29. The van der Waals surface area contributed by atoms with Gasteiger partial charge in [-0.3, -0.25) is 19.2 Å². The number of imidazole rings is 1. The number of carbonyl (C=O) groups is 2. The van der Waals surface area contributed by atoms with Crippen LogP contribution in [-0.4, -0.2) is 55.3 Å². The molecule has 0 saturated carbocycles. The van der Waals surface area contributed by atoms with Gasteiger partial charge in [0.25, 0.3) is 5.91 Å². The summed E-state index contributed by atoms with van der Waals surface area (Å²) in [5, 5.41) is 14.6. The second kappa shape index (κ2) is 10.4. The van der Waals surface area contributed by atoms with Crippen molar-refractivity contribution in [3.8, 4) is 17.2 Å². The zero-order valence-electron chi connectivity index (χ0n) is 21.1. The molecule has 11 nitrogen and oxygen atoms in total. The van der Waals surface area contributed by atoms with Gasteiger partial charge >= 0.3 is 11.7 Å². The molecule has 0 radical (unpaired) electrons. The van der Waals surface area contributed by atoms with Gasteiger partial charge in [-0.1, -0.05) is 18.2 Å². The minimum Gasteiger partial charge on any atom is -0.454 e. The van der Waals surface area contributed by atoms with Gasteiger partial charge in [-0.25, -0.2) is 19.0 Å². The van der Waals surface area contributed by atoms with Gasteiger partial charge in [-0.15, -0.1) is 0 Å². The number of benzene rings is 2. The highest BCUT2D eigenvalue weighted by molar-refractivity contribution is 6.04. The molecule has 12 heteroatoms. The Balaban J connectivity index is 1.29. The number of amides is 3. The van der Waals surface area contributed by atoms with Gasteiger partial charge in [0.1, 0.15) is 17.3 Å². The van der Waals surface area contributed by atoms with Crippen molar-refractivity contribution in [1.29, 1.82) is 0 Å². The summed E-state index contributed by atoms with van der Waals surface area (Å²) in [4.78, 5) is 43.5. The molecule has 1 saturated heterocycles. The third-order valence-electron chi connectivity index (χ3n) is 6.25. The van der Waals surface area contributed by atoms with Gasteiger partial charge in [0.15, 0.2) is 11.6 Å². The molecule has 3 heterocycles. The van der Waals surface area contributed by atoms with E-state index in [1.165, 1.54) is 51.5 Å². The molecule has 2 aromatic carbocycles. The quantitative estimate of drug-likeness (QED) is 0.349. The number of pyridine rings is 1. The summed E-state index contributed by atoms with van der Waals surface area (Å²) < 4.78 is 23.2. The average molecular weight is 533 g/mol. The largest absolute Gasteiger partial charge is 0.454 e. The Morgan fingerprint density at radius 1 is 1.08 bits per heavy atom. The van der Waals surface area contributed by atoms with Crippen molar-refractivity contribution in [3.63, 3.8) is 0 Å². The number of para-hydroxylation sites is 1. The van der Waals surface area contributed by atoms with Gasteiger partial charge in [-0.05, 0) is 37.3 Å². The fourth-order valence-electron chi connectivity index (χ4n) is 4.27. The maximum absolute atomic E-state index is 14.9. The lowest BCUT2D eigenvalue weighted by Crippen LogP contribution is -2.54. The lowest BCUT2D eigenvalue weighted by molar-refractivity contribution is 0.0308. The number of ether oxygens (including phenoxy) is 1. The maximum Gasteiger partial charge on any atom is 0.333 e. The molecular weight excluding hydrogens is 507 g/mol. The van der Waals surface area contributed by atoms with Crippen LogP contribution in [0.1, 0.15) is 16.2 Å². The fraction of sp³-hybridized carbons (Fsp3) is 0.185. The minimum absolute atomic E-state index is 0.110. The Morgan fingerprint density at radius 2 is 1.82 bits per heavy atom. The molecule has 1 fully saturated rings. The molecule has 0 unspecified atom stereocenters. The van der Waals surface area contributed by atoms with Crippen molar-refractivity contribution in [1.82, 2.24) is 19.0 Å². The van der Waals surface area contributed by atoms with Gasteiger partial charge < -0.3 is 20.1 Å². The highest BCUT2D eigenvalue weighted by atomic mass is 19.1. The van der Waals surface area contributed by atoms with Crippen LogP contribution in [0.25, 0.3) is 5.69 Å². The Morgan fingerprint density at radius 3 is 2.51 bits per heavy atom. The first-order valence-corrected chi connectivity index (χ1v) is 12.0. The number of nitrogens with zero attached hydrogens (tertiary/aromatic N) is 4. The Kier molecular flexibility index (Phi) is 6.86. The van der Waals surface area contributed by atoms with E-state index in [2.05, 4.69) is 15.6 Å². The lowest BCUT2D eigenvalue weighted by atomic mass is 10.2. The van der Waals surface area contributed by atoms with E-state index in [9.17, 15) is 23.9 Å². The van der Waals surface area contributed by atoms with Crippen LogP contribution < -0.4 is 21.1 Å². The average Bonchev–Trinajstić information content (AvgIpc) is 3.12. The number of β-amino-alcohol motifs (C(OH)–C–C–N with tert-alkyl or cyclic N) is 1. The summed E-state index contributed by atoms with van der Waals surface area (Å²) in [5.41, 5.74) is 0.999. The number of anilines is 2. The monoisotopic (exact) mass is 532 g/mol. The minimum atomic E-state index is -0.739. The van der Waals surface area contributed by atoms with Gasteiger partial charge in [-0.2, -0.15) is 0 Å². The predicted octanol–water partition coefficient (Wildman–Crippen LogP) is 3.27. The zero-order valence-corrected chi connectivity index (χ0v) is 21.1. The molecule has 0 bridgehead atoms. The molecular formula is C27H25FN6O5. The number of aliphatic hydroxyl groups is 1. The second-order valence-corrected chi connectivity index (χ2v) is 9.01. The number of rotatable bonds is 6. The van der Waals surface area contributed by atoms with Crippen LogP contribution in [-0.2, 0) is 7.05 Å². The summed E-state index contributed by atoms with van der Waals surface area (Å²) in [6, 6.07) is 15.4. The molecule has 0 atom stereocenters. The topological polar surface area (TPSA) is 131 Å². The Hall–Kier alpha value is -4.97. The third-order valence-corrected chi connectivity index (χ3v) is 6.25. The first-order chi connectivity index (χ1) is 18.7. The molecule has 0 spiro atoms. The van der Waals surface area contributed by atoms with Crippen LogP contribution >= 0.6 is 0 Å². The van der Waals surface area contributed by atoms with Crippen LogP contribution in [0.3, 0.4) is 0 Å². The normalized spacial score (nSPS) is 13.1. The van der Waals surface area contributed by atoms with Crippen LogP contribution in [0.5, 0.6) is 11.5 Å². The number of likely N-dealkylation sites (tertiary alicyclic amines) is 1. The summed E-state index contributed by atoms with van der Waals surface area (Å²) in [6.07, 6.45) is 0.872. The smallest absolute Gasteiger partial charge is 0.333 e. The molecule has 0 aliphatic carbocycles. The fourth-order valence-corrected chi connectivity index (χ4v) is 4.27. The second-order valence-electron chi connectivity index (χ2n) is 9.01. The first-order valence-electron chi connectivity index (χ1n) is 12.0. The number of halogens is 1. The number of hydrogen-bond donors (Lipinski definition) is 3. The summed E-state index contributed by atoms with van der Waals surface area (Å²) in [6.45, 7) is 2.15. The maximum atomic E-state index is 14.9. The highest BCUT2D eigenvalue weighted by Crippen LogP contribution is 2.28. The van der Waals surface area contributed by atoms with Gasteiger partial charge in [0.2, 0.25) is 0 Å². The van der Waals surface area contributed by atoms with Crippen molar-refractivity contribution < 1.29 is 23.8 Å².